The molecule has 0 radical (unpaired) electrons. The number of fused-ring (bicyclic) bond motifs is 1. The number of aliphatic hydroxyl groups excluding tert-OH is 1. The Balaban J connectivity index is 0.000000858. The number of hydrogen-bond donors (Lipinski definition) is 2. The number of halogens is 4. The van der Waals surface area contributed by atoms with Crippen LogP contribution in [0.3, 0.4) is 0 Å². The highest BCUT2D eigenvalue weighted by Gasteiger charge is 2.46. The zero-order valence-electron chi connectivity index (χ0n) is 16.9. The fraction of sp³-hybridized carbons (Fsp3) is 0.619. The van der Waals surface area contributed by atoms with Gasteiger partial charge in [-0.25, -0.2) is 4.39 Å². The normalized spacial score (nSPS) is 28.6. The number of aliphatic hydroxyl groups is 1. The predicted molar refractivity (Wildman–Crippen MR) is 103 cm³/mol. The monoisotopic (exact) mass is 446 g/mol. The minimum Gasteiger partial charge on any atom is -0.483 e. The summed E-state index contributed by atoms with van der Waals surface area (Å²) in [5, 5.41) is 17.5. The molecule has 0 unspecified atom stereocenters. The van der Waals surface area contributed by atoms with Gasteiger partial charge in [0.1, 0.15) is 5.82 Å². The summed E-state index contributed by atoms with van der Waals surface area (Å²) in [4.78, 5) is 24.9. The Morgan fingerprint density at radius 2 is 1.68 bits per heavy atom. The van der Waals surface area contributed by atoms with E-state index in [9.17, 15) is 27.5 Å². The molecule has 1 aromatic rings. The molecule has 2 N–H and O–H groups in total. The lowest BCUT2D eigenvalue weighted by Gasteiger charge is -2.40. The lowest BCUT2D eigenvalue weighted by atomic mass is 9.77. The van der Waals surface area contributed by atoms with Gasteiger partial charge in [-0.3, -0.25) is 14.5 Å². The second-order valence-corrected chi connectivity index (χ2v) is 8.37. The molecule has 10 heteroatoms. The van der Waals surface area contributed by atoms with Gasteiger partial charge >= 0.3 is 6.18 Å². The van der Waals surface area contributed by atoms with Crippen molar-refractivity contribution in [1.82, 2.24) is 9.80 Å². The summed E-state index contributed by atoms with van der Waals surface area (Å²) in [5.74, 6) is -1.47. The van der Waals surface area contributed by atoms with Crippen LogP contribution in [0.1, 0.15) is 41.6 Å². The standard InChI is InChI=1S/C20H24F4N2O2.CH2O2/c21-14-3-4-15(16(9-14)20(22,23)24)19(28)26-10-12-7-17(25-5-1-2-6-25)18(27)8-13(12)11-26;2-1-3/h3-4,9,12-13,17-18,27H,1-2,5-8,10-11H2;1H,(H,2,3)/t12-,13+,17-,18-;/m1./s1. The third kappa shape index (κ3) is 5.17. The number of carbonyl (C=O) groups is 2. The fourth-order valence-electron chi connectivity index (χ4n) is 5.15. The molecular formula is C21H26F4N2O4. The van der Waals surface area contributed by atoms with E-state index in [0.29, 0.717) is 25.6 Å². The summed E-state index contributed by atoms with van der Waals surface area (Å²) in [5.41, 5.74) is -1.74. The van der Waals surface area contributed by atoms with E-state index in [1.165, 1.54) is 4.90 Å². The van der Waals surface area contributed by atoms with Crippen molar-refractivity contribution in [2.24, 2.45) is 11.8 Å². The zero-order valence-corrected chi connectivity index (χ0v) is 16.9. The number of nitrogens with zero attached hydrogens (tertiary/aromatic N) is 2. The molecule has 6 nitrogen and oxygen atoms in total. The van der Waals surface area contributed by atoms with Crippen molar-refractivity contribution in [3.05, 3.63) is 35.1 Å². The number of alkyl halides is 3. The van der Waals surface area contributed by atoms with Crippen LogP contribution in [0.25, 0.3) is 0 Å². The number of hydrogen-bond acceptors (Lipinski definition) is 4. The summed E-state index contributed by atoms with van der Waals surface area (Å²) >= 11 is 0. The highest BCUT2D eigenvalue weighted by molar-refractivity contribution is 5.96. The topological polar surface area (TPSA) is 81.1 Å². The maximum absolute atomic E-state index is 13.3. The largest absolute Gasteiger partial charge is 0.483 e. The van der Waals surface area contributed by atoms with E-state index in [-0.39, 0.29) is 24.3 Å². The Morgan fingerprint density at radius 1 is 1.10 bits per heavy atom. The smallest absolute Gasteiger partial charge is 0.417 e. The van der Waals surface area contributed by atoms with Crippen LogP contribution in [0, 0.1) is 17.7 Å². The third-order valence-electron chi connectivity index (χ3n) is 6.52. The van der Waals surface area contributed by atoms with Gasteiger partial charge in [0.15, 0.2) is 0 Å². The summed E-state index contributed by atoms with van der Waals surface area (Å²) < 4.78 is 53.1. The predicted octanol–water partition coefficient (Wildman–Crippen LogP) is 2.85. The molecule has 1 saturated carbocycles. The molecular weight excluding hydrogens is 420 g/mol. The Labute approximate surface area is 177 Å². The Morgan fingerprint density at radius 3 is 2.26 bits per heavy atom. The first-order valence-electron chi connectivity index (χ1n) is 10.3. The van der Waals surface area contributed by atoms with E-state index < -0.39 is 35.1 Å². The van der Waals surface area contributed by atoms with Gasteiger partial charge in [0.25, 0.3) is 12.4 Å². The Bertz CT molecular complexity index is 798. The number of carboxylic acid groups (broad SMARTS) is 1. The minimum absolute atomic E-state index is 0.0651. The van der Waals surface area contributed by atoms with Gasteiger partial charge in [0.2, 0.25) is 0 Å². The molecule has 1 amide bonds. The lowest BCUT2D eigenvalue weighted by Crippen LogP contribution is -2.48. The van der Waals surface area contributed by atoms with Crippen LogP contribution in [-0.2, 0) is 11.0 Å². The number of likely N-dealkylation sites (tertiary alicyclic amines) is 2. The van der Waals surface area contributed by atoms with Gasteiger partial charge in [0.05, 0.1) is 17.2 Å². The number of amides is 1. The van der Waals surface area contributed by atoms with E-state index >= 15 is 0 Å². The van der Waals surface area contributed by atoms with E-state index in [1.54, 1.807) is 0 Å². The van der Waals surface area contributed by atoms with E-state index in [4.69, 9.17) is 9.90 Å². The molecule has 31 heavy (non-hydrogen) atoms. The highest BCUT2D eigenvalue weighted by Crippen LogP contribution is 2.40. The van der Waals surface area contributed by atoms with Gasteiger partial charge in [0, 0.05) is 19.1 Å². The van der Waals surface area contributed by atoms with E-state index in [1.807, 2.05) is 0 Å². The van der Waals surface area contributed by atoms with Crippen molar-refractivity contribution >= 4 is 12.4 Å². The van der Waals surface area contributed by atoms with Crippen LogP contribution in [0.4, 0.5) is 17.6 Å². The molecule has 2 heterocycles. The first-order chi connectivity index (χ1) is 14.7. The summed E-state index contributed by atoms with van der Waals surface area (Å²) in [6.07, 6.45) is -1.71. The maximum atomic E-state index is 13.3. The summed E-state index contributed by atoms with van der Waals surface area (Å²) in [6, 6.07) is 2.25. The van der Waals surface area contributed by atoms with Crippen LogP contribution in [0.2, 0.25) is 0 Å². The van der Waals surface area contributed by atoms with Crippen molar-refractivity contribution in [1.29, 1.82) is 0 Å². The van der Waals surface area contributed by atoms with Gasteiger partial charge in [-0.05, 0) is 68.8 Å². The molecule has 3 aliphatic rings. The Kier molecular flexibility index (Phi) is 7.20. The van der Waals surface area contributed by atoms with Crippen molar-refractivity contribution in [3.8, 4) is 0 Å². The SMILES string of the molecule is O=C(c1ccc(F)cc1C(F)(F)F)N1C[C@H]2C[C@@H](N3CCCC3)[C@H](O)C[C@H]2C1.O=CO. The van der Waals surface area contributed by atoms with Crippen LogP contribution in [0.15, 0.2) is 18.2 Å². The first-order valence-corrected chi connectivity index (χ1v) is 10.3. The molecule has 1 aliphatic carbocycles. The van der Waals surface area contributed by atoms with Gasteiger partial charge in [-0.15, -0.1) is 0 Å². The molecule has 0 aromatic heterocycles. The first kappa shape index (κ1) is 23.5. The van der Waals surface area contributed by atoms with Crippen molar-refractivity contribution < 1.29 is 37.4 Å². The van der Waals surface area contributed by atoms with Crippen molar-refractivity contribution in [2.45, 2.75) is 44.0 Å². The summed E-state index contributed by atoms with van der Waals surface area (Å²) in [7, 11) is 0. The van der Waals surface area contributed by atoms with Crippen LogP contribution < -0.4 is 0 Å². The number of carbonyl (C=O) groups excluding carboxylic acids is 1. The molecule has 4 atom stereocenters. The van der Waals surface area contributed by atoms with Crippen LogP contribution in [0.5, 0.6) is 0 Å². The van der Waals surface area contributed by atoms with Crippen LogP contribution in [-0.4, -0.2) is 70.7 Å². The molecule has 4 rings (SSSR count). The second-order valence-electron chi connectivity index (χ2n) is 8.37. The minimum atomic E-state index is -4.80. The average molecular weight is 446 g/mol. The highest BCUT2D eigenvalue weighted by atomic mass is 19.4. The van der Waals surface area contributed by atoms with Crippen LogP contribution >= 0.6 is 0 Å². The second kappa shape index (κ2) is 9.52. The maximum Gasteiger partial charge on any atom is 0.417 e. The number of benzene rings is 1. The average Bonchev–Trinajstić information content (AvgIpc) is 3.36. The van der Waals surface area contributed by atoms with E-state index in [0.717, 1.165) is 44.5 Å². The molecule has 2 aliphatic heterocycles. The number of rotatable bonds is 2. The van der Waals surface area contributed by atoms with Gasteiger partial charge in [-0.1, -0.05) is 0 Å². The quantitative estimate of drug-likeness (QED) is 0.540. The fourth-order valence-corrected chi connectivity index (χ4v) is 5.15. The molecule has 172 valence electrons. The van der Waals surface area contributed by atoms with Crippen molar-refractivity contribution in [2.75, 3.05) is 26.2 Å². The summed E-state index contributed by atoms with van der Waals surface area (Å²) in [6.45, 7) is 2.40. The van der Waals surface area contributed by atoms with Gasteiger partial charge < -0.3 is 15.1 Å². The molecule has 0 bridgehead atoms. The van der Waals surface area contributed by atoms with Gasteiger partial charge in [-0.2, -0.15) is 13.2 Å². The lowest BCUT2D eigenvalue weighted by molar-refractivity contribution is -0.138. The molecule has 1 aromatic carbocycles. The molecule has 2 saturated heterocycles. The molecule has 3 fully saturated rings. The third-order valence-corrected chi connectivity index (χ3v) is 6.52. The van der Waals surface area contributed by atoms with Crippen molar-refractivity contribution in [3.63, 3.8) is 0 Å². The van der Waals surface area contributed by atoms with E-state index in [2.05, 4.69) is 4.90 Å². The zero-order chi connectivity index (χ0) is 22.8. The Hall–Kier alpha value is -2.20. The molecule has 0 spiro atoms.